The molecule has 0 atom stereocenters. The van der Waals surface area contributed by atoms with E-state index < -0.39 is 4.92 Å². The quantitative estimate of drug-likeness (QED) is 0.257. The lowest BCUT2D eigenvalue weighted by atomic mass is 10.2. The van der Waals surface area contributed by atoms with Crippen LogP contribution in [0.3, 0.4) is 0 Å². The van der Waals surface area contributed by atoms with E-state index in [1.165, 1.54) is 16.7 Å². The topological polar surface area (TPSA) is 122 Å². The van der Waals surface area contributed by atoms with Crippen LogP contribution in [0.15, 0.2) is 76.5 Å². The van der Waals surface area contributed by atoms with Gasteiger partial charge in [0.1, 0.15) is 17.5 Å². The van der Waals surface area contributed by atoms with Gasteiger partial charge in [0, 0.05) is 30.0 Å². The number of nitrogen functional groups attached to an aromatic ring is 1. The molecule has 0 aromatic heterocycles. The minimum Gasteiger partial charge on any atom is -0.449 e. The molecule has 0 aliphatic carbocycles. The van der Waals surface area contributed by atoms with Crippen LogP contribution in [0.25, 0.3) is 0 Å². The van der Waals surface area contributed by atoms with Crippen LogP contribution in [0.2, 0.25) is 0 Å². The van der Waals surface area contributed by atoms with E-state index in [0.29, 0.717) is 4.90 Å². The summed E-state index contributed by atoms with van der Waals surface area (Å²) in [4.78, 5) is 23.4. The average molecular weight is 436 g/mol. The van der Waals surface area contributed by atoms with E-state index in [-0.39, 0.29) is 28.4 Å². The lowest BCUT2D eigenvalue weighted by molar-refractivity contribution is -0.384. The highest BCUT2D eigenvalue weighted by molar-refractivity contribution is 7.99. The Morgan fingerprint density at radius 3 is 2.26 bits per heavy atom. The second-order valence-electron chi connectivity index (χ2n) is 6.31. The van der Waals surface area contributed by atoms with Crippen LogP contribution in [0.4, 0.5) is 11.4 Å². The summed E-state index contributed by atoms with van der Waals surface area (Å²) in [6.07, 6.45) is 0.750. The average Bonchev–Trinajstić information content (AvgIpc) is 2.74. The third kappa shape index (κ3) is 6.76. The van der Waals surface area contributed by atoms with Crippen molar-refractivity contribution in [1.82, 2.24) is 4.90 Å². The first-order chi connectivity index (χ1) is 14.8. The van der Waals surface area contributed by atoms with Gasteiger partial charge in [-0.1, -0.05) is 42.1 Å². The number of hydrogen-bond acceptors (Lipinski definition) is 7. The van der Waals surface area contributed by atoms with Crippen LogP contribution in [-0.2, 0) is 4.79 Å². The lowest BCUT2D eigenvalue weighted by Gasteiger charge is -2.11. The Balaban J connectivity index is 0.000000614. The first-order valence-corrected chi connectivity index (χ1v) is 9.77. The molecule has 1 amide bonds. The Hall–Kier alpha value is -4.03. The first kappa shape index (κ1) is 23.3. The maximum Gasteiger partial charge on any atom is 0.334 e. The van der Waals surface area contributed by atoms with E-state index in [0.717, 1.165) is 11.3 Å². The Bertz CT molecular complexity index is 1100. The second kappa shape index (κ2) is 11.2. The van der Waals surface area contributed by atoms with E-state index in [2.05, 4.69) is 0 Å². The molecule has 0 saturated heterocycles. The molecule has 3 aromatic rings. The molecule has 0 bridgehead atoms. The van der Waals surface area contributed by atoms with Crippen molar-refractivity contribution in [3.8, 4) is 17.6 Å². The molecule has 9 heteroatoms. The highest BCUT2D eigenvalue weighted by atomic mass is 32.2. The third-order valence-electron chi connectivity index (χ3n) is 3.68. The molecular formula is C22H20N4O4S. The van der Waals surface area contributed by atoms with Gasteiger partial charge in [0.05, 0.1) is 10.5 Å². The fourth-order valence-electron chi connectivity index (χ4n) is 2.33. The molecule has 0 radical (unpaired) electrons. The molecule has 8 nitrogen and oxygen atoms in total. The molecule has 0 aliphatic rings. The summed E-state index contributed by atoms with van der Waals surface area (Å²) in [7, 11) is 3.38. The monoisotopic (exact) mass is 436 g/mol. The smallest absolute Gasteiger partial charge is 0.334 e. The summed E-state index contributed by atoms with van der Waals surface area (Å²) in [5, 5.41) is 20.6. The molecule has 0 spiro atoms. The molecule has 0 heterocycles. The Morgan fingerprint density at radius 1 is 1.06 bits per heavy atom. The number of nitro groups is 1. The van der Waals surface area contributed by atoms with Gasteiger partial charge in [-0.25, -0.2) is 0 Å². The zero-order chi connectivity index (χ0) is 22.8. The van der Waals surface area contributed by atoms with E-state index >= 15 is 0 Å². The maximum atomic E-state index is 11.4. The maximum absolute atomic E-state index is 11.4. The Kier molecular flexibility index (Phi) is 8.42. The van der Waals surface area contributed by atoms with Crippen LogP contribution in [-0.4, -0.2) is 30.3 Å². The number of hydrogen-bond donors (Lipinski definition) is 1. The second-order valence-corrected chi connectivity index (χ2v) is 7.46. The molecule has 0 fully saturated rings. The molecule has 2 N–H and O–H groups in total. The number of nitrogens with zero attached hydrogens (tertiary/aromatic N) is 3. The minimum atomic E-state index is -0.587. The van der Waals surface area contributed by atoms with E-state index in [9.17, 15) is 20.2 Å². The van der Waals surface area contributed by atoms with Gasteiger partial charge in [0.15, 0.2) is 0 Å². The van der Waals surface area contributed by atoms with Crippen molar-refractivity contribution in [3.63, 3.8) is 0 Å². The molecule has 3 rings (SSSR count). The van der Waals surface area contributed by atoms with Crippen LogP contribution < -0.4 is 10.5 Å². The van der Waals surface area contributed by atoms with Gasteiger partial charge in [0.25, 0.3) is 0 Å². The zero-order valence-electron chi connectivity index (χ0n) is 16.9. The minimum absolute atomic E-state index is 0.000342. The number of nitriles is 1. The van der Waals surface area contributed by atoms with E-state index in [4.69, 9.17) is 10.5 Å². The standard InChI is InChI=1S/C19H13N3O3S.C3H7NO/c20-12-13-6-4-5-9-17(13)25-18-11-15(10-16(21)19(18)22(23)24)26-14-7-2-1-3-8-14;1-4(2)3-5/h1-11H,21H2;3H,1-2H3. The van der Waals surface area contributed by atoms with Gasteiger partial charge in [0.2, 0.25) is 12.2 Å². The van der Waals surface area contributed by atoms with Gasteiger partial charge in [-0.05, 0) is 30.3 Å². The normalized spacial score (nSPS) is 9.58. The number of rotatable bonds is 6. The Labute approximate surface area is 184 Å². The predicted molar refractivity (Wildman–Crippen MR) is 119 cm³/mol. The lowest BCUT2D eigenvalue weighted by Crippen LogP contribution is -2.06. The first-order valence-electron chi connectivity index (χ1n) is 8.95. The van der Waals surface area contributed by atoms with Gasteiger partial charge < -0.3 is 15.4 Å². The number of carbonyl (C=O) groups excluding carboxylic acids is 1. The van der Waals surface area contributed by atoms with Crippen molar-refractivity contribution >= 4 is 29.5 Å². The highest BCUT2D eigenvalue weighted by Gasteiger charge is 2.23. The number of carbonyl (C=O) groups is 1. The van der Waals surface area contributed by atoms with Crippen LogP contribution in [0.1, 0.15) is 5.56 Å². The SMILES string of the molecule is CN(C)C=O.N#Cc1ccccc1Oc1cc(Sc2ccccc2)cc(N)c1[N+](=O)[O-]. The van der Waals surface area contributed by atoms with Crippen molar-refractivity contribution in [2.75, 3.05) is 19.8 Å². The van der Waals surface area contributed by atoms with Crippen LogP contribution in [0.5, 0.6) is 11.5 Å². The Morgan fingerprint density at radius 2 is 1.68 bits per heavy atom. The van der Waals surface area contributed by atoms with Crippen molar-refractivity contribution in [1.29, 1.82) is 5.26 Å². The fourth-order valence-corrected chi connectivity index (χ4v) is 3.24. The molecule has 0 unspecified atom stereocenters. The van der Waals surface area contributed by atoms with Crippen molar-refractivity contribution in [3.05, 3.63) is 82.4 Å². The summed E-state index contributed by atoms with van der Waals surface area (Å²) in [6.45, 7) is 0. The van der Waals surface area contributed by atoms with Crippen molar-refractivity contribution in [2.24, 2.45) is 0 Å². The van der Waals surface area contributed by atoms with Crippen LogP contribution >= 0.6 is 11.8 Å². The van der Waals surface area contributed by atoms with Crippen molar-refractivity contribution < 1.29 is 14.5 Å². The van der Waals surface area contributed by atoms with Gasteiger partial charge in [-0.2, -0.15) is 5.26 Å². The largest absolute Gasteiger partial charge is 0.449 e. The summed E-state index contributed by atoms with van der Waals surface area (Å²) >= 11 is 1.41. The summed E-state index contributed by atoms with van der Waals surface area (Å²) in [5.74, 6) is 0.232. The predicted octanol–water partition coefficient (Wildman–Crippen LogP) is 4.70. The van der Waals surface area contributed by atoms with Gasteiger partial charge >= 0.3 is 5.69 Å². The molecule has 158 valence electrons. The third-order valence-corrected chi connectivity index (χ3v) is 4.66. The summed E-state index contributed by atoms with van der Waals surface area (Å²) in [5.41, 5.74) is 5.86. The molecule has 3 aromatic carbocycles. The summed E-state index contributed by atoms with van der Waals surface area (Å²) < 4.78 is 5.69. The van der Waals surface area contributed by atoms with E-state index in [1.54, 1.807) is 50.5 Å². The number of anilines is 1. The van der Waals surface area contributed by atoms with Crippen molar-refractivity contribution in [2.45, 2.75) is 9.79 Å². The van der Waals surface area contributed by atoms with E-state index in [1.807, 2.05) is 36.4 Å². The van der Waals surface area contributed by atoms with Crippen LogP contribution in [0, 0.1) is 21.4 Å². The molecule has 0 aliphatic heterocycles. The summed E-state index contributed by atoms with van der Waals surface area (Å²) in [6, 6.07) is 21.2. The number of nitro benzene ring substituents is 1. The molecular weight excluding hydrogens is 416 g/mol. The molecule has 31 heavy (non-hydrogen) atoms. The van der Waals surface area contributed by atoms with Gasteiger partial charge in [-0.3, -0.25) is 14.9 Å². The van der Waals surface area contributed by atoms with Gasteiger partial charge in [-0.15, -0.1) is 0 Å². The number of ether oxygens (including phenoxy) is 1. The number of para-hydroxylation sites is 1. The highest BCUT2D eigenvalue weighted by Crippen LogP contribution is 2.42. The number of nitrogens with two attached hydrogens (primary N) is 1. The number of benzene rings is 3. The zero-order valence-corrected chi connectivity index (χ0v) is 17.7. The number of amides is 1. The fraction of sp³-hybridized carbons (Fsp3) is 0.0909. The molecule has 0 saturated carbocycles.